The summed E-state index contributed by atoms with van der Waals surface area (Å²) >= 11 is 1.25. The lowest BCUT2D eigenvalue weighted by molar-refractivity contribution is -0.113. The molecule has 0 aliphatic heterocycles. The predicted octanol–water partition coefficient (Wildman–Crippen LogP) is 3.70. The summed E-state index contributed by atoms with van der Waals surface area (Å²) in [6, 6.07) is 14.3. The van der Waals surface area contributed by atoms with Gasteiger partial charge >= 0.3 is 0 Å². The van der Waals surface area contributed by atoms with Crippen LogP contribution in [0.2, 0.25) is 0 Å². The standard InChI is InChI=1S/C21H19FN6OS/c1-2-14-7-9-16(10-8-14)25-18(29)12-30-21-19-20(23-13-24-21)28(27-26-19)11-15-5-3-4-6-17(15)22/h3-10,13H,2,11-12H2,1H3,(H,25,29). The number of nitrogens with one attached hydrogen (secondary N) is 1. The van der Waals surface area contributed by atoms with Crippen LogP contribution in [0.3, 0.4) is 0 Å². The Morgan fingerprint density at radius 1 is 1.13 bits per heavy atom. The number of amides is 1. The van der Waals surface area contributed by atoms with Crippen molar-refractivity contribution in [2.45, 2.75) is 24.9 Å². The van der Waals surface area contributed by atoms with E-state index in [1.54, 1.807) is 18.2 Å². The molecule has 0 bridgehead atoms. The van der Waals surface area contributed by atoms with Crippen molar-refractivity contribution in [3.05, 3.63) is 71.8 Å². The molecule has 1 amide bonds. The van der Waals surface area contributed by atoms with Gasteiger partial charge in [-0.3, -0.25) is 4.79 Å². The number of halogens is 1. The van der Waals surface area contributed by atoms with E-state index in [1.807, 2.05) is 24.3 Å². The van der Waals surface area contributed by atoms with Gasteiger partial charge in [0.1, 0.15) is 17.2 Å². The van der Waals surface area contributed by atoms with Crippen molar-refractivity contribution in [1.82, 2.24) is 25.0 Å². The lowest BCUT2D eigenvalue weighted by Crippen LogP contribution is -2.14. The van der Waals surface area contributed by atoms with Crippen LogP contribution in [0.25, 0.3) is 11.2 Å². The Morgan fingerprint density at radius 3 is 2.70 bits per heavy atom. The molecule has 0 saturated carbocycles. The molecule has 2 aromatic carbocycles. The topological polar surface area (TPSA) is 85.6 Å². The summed E-state index contributed by atoms with van der Waals surface area (Å²) in [6.45, 7) is 2.29. The summed E-state index contributed by atoms with van der Waals surface area (Å²) in [5.41, 5.74) is 3.43. The highest BCUT2D eigenvalue weighted by Crippen LogP contribution is 2.23. The number of thioether (sulfide) groups is 1. The smallest absolute Gasteiger partial charge is 0.234 e. The Balaban J connectivity index is 1.45. The molecule has 7 nitrogen and oxygen atoms in total. The van der Waals surface area contributed by atoms with Gasteiger partial charge in [-0.15, -0.1) is 5.10 Å². The number of benzene rings is 2. The number of carbonyl (C=O) groups excluding carboxylic acids is 1. The number of aromatic nitrogens is 5. The first kappa shape index (κ1) is 20.0. The molecule has 4 rings (SSSR count). The lowest BCUT2D eigenvalue weighted by atomic mass is 10.1. The van der Waals surface area contributed by atoms with E-state index in [1.165, 1.54) is 34.4 Å². The van der Waals surface area contributed by atoms with Crippen LogP contribution in [0.1, 0.15) is 18.1 Å². The fourth-order valence-electron chi connectivity index (χ4n) is 2.93. The highest BCUT2D eigenvalue weighted by atomic mass is 32.2. The van der Waals surface area contributed by atoms with E-state index in [0.717, 1.165) is 12.1 Å². The van der Waals surface area contributed by atoms with E-state index in [4.69, 9.17) is 0 Å². The summed E-state index contributed by atoms with van der Waals surface area (Å²) in [6.07, 6.45) is 2.35. The minimum absolute atomic E-state index is 0.144. The number of rotatable bonds is 7. The first-order valence-corrected chi connectivity index (χ1v) is 10.4. The monoisotopic (exact) mass is 422 g/mol. The van der Waals surface area contributed by atoms with E-state index >= 15 is 0 Å². The maximum Gasteiger partial charge on any atom is 0.234 e. The second-order valence-corrected chi connectivity index (χ2v) is 7.54. The van der Waals surface area contributed by atoms with E-state index in [9.17, 15) is 9.18 Å². The zero-order valence-corrected chi connectivity index (χ0v) is 17.1. The highest BCUT2D eigenvalue weighted by Gasteiger charge is 2.15. The lowest BCUT2D eigenvalue weighted by Gasteiger charge is -2.06. The molecular weight excluding hydrogens is 403 g/mol. The predicted molar refractivity (Wildman–Crippen MR) is 114 cm³/mol. The molecule has 4 aromatic rings. The van der Waals surface area contributed by atoms with Gasteiger partial charge in [0.05, 0.1) is 12.3 Å². The van der Waals surface area contributed by atoms with E-state index in [0.29, 0.717) is 21.8 Å². The van der Waals surface area contributed by atoms with Crippen molar-refractivity contribution in [3.63, 3.8) is 0 Å². The minimum atomic E-state index is -0.312. The number of hydrogen-bond acceptors (Lipinski definition) is 6. The van der Waals surface area contributed by atoms with Crippen LogP contribution < -0.4 is 5.32 Å². The molecule has 0 saturated heterocycles. The Hall–Kier alpha value is -3.33. The van der Waals surface area contributed by atoms with Crippen LogP contribution in [-0.4, -0.2) is 36.6 Å². The van der Waals surface area contributed by atoms with Crippen LogP contribution in [0.4, 0.5) is 10.1 Å². The van der Waals surface area contributed by atoms with Crippen molar-refractivity contribution >= 4 is 34.5 Å². The molecule has 0 radical (unpaired) electrons. The van der Waals surface area contributed by atoms with Gasteiger partial charge in [-0.2, -0.15) is 0 Å². The Labute approximate surface area is 176 Å². The fourth-order valence-corrected chi connectivity index (χ4v) is 3.66. The molecule has 1 N–H and O–H groups in total. The molecule has 0 atom stereocenters. The zero-order valence-electron chi connectivity index (χ0n) is 16.2. The van der Waals surface area contributed by atoms with Crippen molar-refractivity contribution in [3.8, 4) is 0 Å². The third kappa shape index (κ3) is 4.46. The third-order valence-electron chi connectivity index (χ3n) is 4.53. The number of carbonyl (C=O) groups is 1. The highest BCUT2D eigenvalue weighted by molar-refractivity contribution is 8.00. The quantitative estimate of drug-likeness (QED) is 0.361. The van der Waals surface area contributed by atoms with Gasteiger partial charge in [0.25, 0.3) is 0 Å². The molecule has 2 aromatic heterocycles. The van der Waals surface area contributed by atoms with Crippen molar-refractivity contribution in [1.29, 1.82) is 0 Å². The number of aryl methyl sites for hydroxylation is 1. The second-order valence-electron chi connectivity index (χ2n) is 6.58. The maximum absolute atomic E-state index is 13.9. The Bertz CT molecular complexity index is 1180. The Morgan fingerprint density at radius 2 is 1.93 bits per heavy atom. The first-order valence-electron chi connectivity index (χ1n) is 9.43. The largest absolute Gasteiger partial charge is 0.325 e. The summed E-state index contributed by atoms with van der Waals surface area (Å²) in [5, 5.41) is 11.6. The number of fused-ring (bicyclic) bond motifs is 1. The maximum atomic E-state index is 13.9. The van der Waals surface area contributed by atoms with Crippen molar-refractivity contribution in [2.75, 3.05) is 11.1 Å². The van der Waals surface area contributed by atoms with Crippen molar-refractivity contribution < 1.29 is 9.18 Å². The Kier molecular flexibility index (Phi) is 5.99. The molecule has 30 heavy (non-hydrogen) atoms. The van der Waals surface area contributed by atoms with Crippen LogP contribution in [0.15, 0.2) is 59.9 Å². The molecule has 0 aliphatic carbocycles. The van der Waals surface area contributed by atoms with Crippen LogP contribution >= 0.6 is 11.8 Å². The summed E-state index contributed by atoms with van der Waals surface area (Å²) in [5.74, 6) is -0.287. The third-order valence-corrected chi connectivity index (χ3v) is 5.51. The molecule has 0 aliphatic rings. The van der Waals surface area contributed by atoms with Gasteiger partial charge in [0, 0.05) is 11.3 Å². The number of hydrogen-bond donors (Lipinski definition) is 1. The number of nitrogens with zero attached hydrogens (tertiary/aromatic N) is 5. The summed E-state index contributed by atoms with van der Waals surface area (Å²) < 4.78 is 15.5. The summed E-state index contributed by atoms with van der Waals surface area (Å²) in [4.78, 5) is 20.8. The molecule has 9 heteroatoms. The SMILES string of the molecule is CCc1ccc(NC(=O)CSc2ncnc3c2nnn3Cc2ccccc2F)cc1. The van der Waals surface area contributed by atoms with Gasteiger partial charge in [0.2, 0.25) is 5.91 Å². The molecule has 0 unspecified atom stereocenters. The summed E-state index contributed by atoms with van der Waals surface area (Å²) in [7, 11) is 0. The van der Waals surface area contributed by atoms with Gasteiger partial charge in [-0.1, -0.05) is 54.2 Å². The van der Waals surface area contributed by atoms with Gasteiger partial charge in [-0.05, 0) is 30.2 Å². The minimum Gasteiger partial charge on any atom is -0.325 e. The average Bonchev–Trinajstić information content (AvgIpc) is 3.18. The molecule has 2 heterocycles. The molecule has 152 valence electrons. The zero-order chi connectivity index (χ0) is 20.9. The van der Waals surface area contributed by atoms with Gasteiger partial charge in [-0.25, -0.2) is 19.0 Å². The van der Waals surface area contributed by atoms with E-state index in [2.05, 4.69) is 32.5 Å². The number of anilines is 1. The second kappa shape index (κ2) is 9.00. The first-order chi connectivity index (χ1) is 14.6. The molecule has 0 spiro atoms. The van der Waals surface area contributed by atoms with Crippen molar-refractivity contribution in [2.24, 2.45) is 0 Å². The van der Waals surface area contributed by atoms with Gasteiger partial charge in [0.15, 0.2) is 11.2 Å². The van der Waals surface area contributed by atoms with Crippen LogP contribution in [0, 0.1) is 5.82 Å². The van der Waals surface area contributed by atoms with Crippen LogP contribution in [0.5, 0.6) is 0 Å². The molecular formula is C21H19FN6OS. The van der Waals surface area contributed by atoms with Crippen LogP contribution in [-0.2, 0) is 17.8 Å². The average molecular weight is 422 g/mol. The normalized spacial score (nSPS) is 11.0. The molecule has 0 fully saturated rings. The van der Waals surface area contributed by atoms with E-state index in [-0.39, 0.29) is 24.0 Å². The van der Waals surface area contributed by atoms with Gasteiger partial charge < -0.3 is 5.32 Å². The van der Waals surface area contributed by atoms with E-state index < -0.39 is 0 Å². The fraction of sp³-hybridized carbons (Fsp3) is 0.190.